The van der Waals surface area contributed by atoms with Gasteiger partial charge in [-0.2, -0.15) is 13.2 Å². The minimum Gasteiger partial charge on any atom is -0.478 e. The SMILES string of the molecule is O=C(O)C=Cc1cccc(CN2C(=O)CCCN2CCC(O)Cc2cccc(C(F)(F)F)c2)c1. The largest absolute Gasteiger partial charge is 0.478 e. The number of carboxylic acids is 1. The lowest BCUT2D eigenvalue weighted by Gasteiger charge is -2.39. The minimum absolute atomic E-state index is 0.0508. The van der Waals surface area contributed by atoms with Crippen molar-refractivity contribution in [2.45, 2.75) is 44.5 Å². The van der Waals surface area contributed by atoms with Crippen molar-refractivity contribution in [3.8, 4) is 0 Å². The average Bonchev–Trinajstić information content (AvgIpc) is 2.78. The highest BCUT2D eigenvalue weighted by Gasteiger charge is 2.30. The molecule has 2 N–H and O–H groups in total. The van der Waals surface area contributed by atoms with E-state index in [0.717, 1.165) is 23.8 Å². The van der Waals surface area contributed by atoms with Crippen molar-refractivity contribution >= 4 is 18.0 Å². The number of hydrazine groups is 1. The van der Waals surface area contributed by atoms with Crippen LogP contribution >= 0.6 is 0 Å². The number of carboxylic acid groups (broad SMARTS) is 1. The van der Waals surface area contributed by atoms with Gasteiger partial charge in [-0.25, -0.2) is 9.80 Å². The number of halogens is 3. The third-order valence-electron chi connectivity index (χ3n) is 5.58. The van der Waals surface area contributed by atoms with Crippen molar-refractivity contribution in [1.29, 1.82) is 0 Å². The van der Waals surface area contributed by atoms with Gasteiger partial charge >= 0.3 is 12.1 Å². The van der Waals surface area contributed by atoms with Gasteiger partial charge in [0.1, 0.15) is 0 Å². The summed E-state index contributed by atoms with van der Waals surface area (Å²) in [6.07, 6.45) is -1.30. The molecule has 9 heteroatoms. The Labute approximate surface area is 195 Å². The van der Waals surface area contributed by atoms with E-state index in [1.165, 1.54) is 12.1 Å². The first kappa shape index (κ1) is 25.5. The number of carbonyl (C=O) groups is 2. The van der Waals surface area contributed by atoms with Crippen molar-refractivity contribution in [2.75, 3.05) is 13.1 Å². The molecule has 2 aromatic rings. The summed E-state index contributed by atoms with van der Waals surface area (Å²) in [7, 11) is 0. The topological polar surface area (TPSA) is 81.1 Å². The number of aliphatic carboxylic acids is 1. The molecule has 1 unspecified atom stereocenters. The normalized spacial score (nSPS) is 16.2. The van der Waals surface area contributed by atoms with Crippen LogP contribution in [0.5, 0.6) is 0 Å². The lowest BCUT2D eigenvalue weighted by Crippen LogP contribution is -2.50. The summed E-state index contributed by atoms with van der Waals surface area (Å²) in [6.45, 7) is 1.31. The second kappa shape index (κ2) is 11.3. The Kier molecular flexibility index (Phi) is 8.46. The number of aliphatic hydroxyl groups is 1. The Balaban J connectivity index is 1.62. The van der Waals surface area contributed by atoms with Crippen LogP contribution in [-0.2, 0) is 28.7 Å². The quantitative estimate of drug-likeness (QED) is 0.532. The zero-order valence-corrected chi connectivity index (χ0v) is 18.5. The molecule has 1 amide bonds. The molecule has 0 spiro atoms. The second-order valence-corrected chi connectivity index (χ2v) is 8.27. The summed E-state index contributed by atoms with van der Waals surface area (Å²) in [4.78, 5) is 23.3. The molecule has 3 rings (SSSR count). The summed E-state index contributed by atoms with van der Waals surface area (Å²) in [5.41, 5.74) is 1.19. The summed E-state index contributed by atoms with van der Waals surface area (Å²) < 4.78 is 38.8. The molecule has 1 aliphatic rings. The Morgan fingerprint density at radius 2 is 1.85 bits per heavy atom. The number of nitrogens with zero attached hydrogens (tertiary/aromatic N) is 2. The van der Waals surface area contributed by atoms with Crippen LogP contribution in [0.3, 0.4) is 0 Å². The first-order chi connectivity index (χ1) is 16.1. The van der Waals surface area contributed by atoms with Crippen molar-refractivity contribution in [3.05, 3.63) is 76.9 Å². The molecule has 34 heavy (non-hydrogen) atoms. The molecule has 0 radical (unpaired) electrons. The Morgan fingerprint density at radius 3 is 2.59 bits per heavy atom. The van der Waals surface area contributed by atoms with Crippen molar-refractivity contribution in [3.63, 3.8) is 0 Å². The molecule has 0 aliphatic carbocycles. The molecule has 1 aliphatic heterocycles. The highest BCUT2D eigenvalue weighted by atomic mass is 19.4. The van der Waals surface area contributed by atoms with E-state index in [1.54, 1.807) is 23.2 Å². The van der Waals surface area contributed by atoms with Crippen LogP contribution in [0.1, 0.15) is 41.5 Å². The van der Waals surface area contributed by atoms with Gasteiger partial charge in [-0.15, -0.1) is 0 Å². The van der Waals surface area contributed by atoms with Crippen molar-refractivity contribution in [1.82, 2.24) is 10.0 Å². The maximum Gasteiger partial charge on any atom is 0.416 e. The number of carbonyl (C=O) groups excluding carboxylic acids is 1. The fourth-order valence-electron chi connectivity index (χ4n) is 3.92. The van der Waals surface area contributed by atoms with E-state index in [0.29, 0.717) is 50.0 Å². The molecular weight excluding hydrogens is 449 g/mol. The smallest absolute Gasteiger partial charge is 0.416 e. The zero-order chi connectivity index (χ0) is 24.7. The first-order valence-electron chi connectivity index (χ1n) is 11.0. The van der Waals surface area contributed by atoms with Crippen LogP contribution in [0.2, 0.25) is 0 Å². The molecule has 1 saturated heterocycles. The number of rotatable bonds is 9. The van der Waals surface area contributed by atoms with E-state index < -0.39 is 23.8 Å². The highest BCUT2D eigenvalue weighted by Crippen LogP contribution is 2.30. The van der Waals surface area contributed by atoms with E-state index in [9.17, 15) is 27.9 Å². The second-order valence-electron chi connectivity index (χ2n) is 8.27. The number of hydrogen-bond acceptors (Lipinski definition) is 4. The van der Waals surface area contributed by atoms with Crippen LogP contribution in [0.4, 0.5) is 13.2 Å². The molecule has 182 valence electrons. The lowest BCUT2D eigenvalue weighted by atomic mass is 10.0. The standard InChI is InChI=1S/C25H27F3N2O4/c26-25(27,28)21-7-2-5-19(15-21)16-22(31)11-13-29-12-3-8-23(32)30(29)17-20-6-1-4-18(14-20)9-10-24(33)34/h1-2,4-7,9-10,14-15,22,31H,3,8,11-13,16-17H2,(H,33,34). The van der Waals surface area contributed by atoms with Crippen molar-refractivity contribution < 1.29 is 33.0 Å². The number of alkyl halides is 3. The molecule has 1 fully saturated rings. The van der Waals surface area contributed by atoms with E-state index in [-0.39, 0.29) is 12.3 Å². The first-order valence-corrected chi connectivity index (χ1v) is 11.0. The van der Waals surface area contributed by atoms with Gasteiger partial charge in [0.15, 0.2) is 0 Å². The van der Waals surface area contributed by atoms with E-state index in [2.05, 4.69) is 0 Å². The average molecular weight is 476 g/mol. The zero-order valence-electron chi connectivity index (χ0n) is 18.5. The van der Waals surface area contributed by atoms with Gasteiger partial charge in [0.05, 0.1) is 18.2 Å². The van der Waals surface area contributed by atoms with Gasteiger partial charge in [0.25, 0.3) is 0 Å². The maximum atomic E-state index is 12.9. The predicted molar refractivity (Wildman–Crippen MR) is 120 cm³/mol. The monoisotopic (exact) mass is 476 g/mol. The van der Waals surface area contributed by atoms with E-state index in [4.69, 9.17) is 5.11 Å². The Hall–Kier alpha value is -3.17. The molecule has 0 aromatic heterocycles. The third-order valence-corrected chi connectivity index (χ3v) is 5.58. The van der Waals surface area contributed by atoms with Gasteiger partial charge in [0.2, 0.25) is 5.91 Å². The lowest BCUT2D eigenvalue weighted by molar-refractivity contribution is -0.158. The third kappa shape index (κ3) is 7.43. The molecule has 0 bridgehead atoms. The summed E-state index contributed by atoms with van der Waals surface area (Å²) in [5, 5.41) is 22.7. The van der Waals surface area contributed by atoms with Crippen LogP contribution in [-0.4, -0.2) is 51.3 Å². The van der Waals surface area contributed by atoms with E-state index >= 15 is 0 Å². The molecular formula is C25H27F3N2O4. The van der Waals surface area contributed by atoms with Gasteiger partial charge < -0.3 is 10.2 Å². The molecule has 2 aromatic carbocycles. The van der Waals surface area contributed by atoms with Gasteiger partial charge in [0, 0.05) is 25.6 Å². The maximum absolute atomic E-state index is 12.9. The summed E-state index contributed by atoms with van der Waals surface area (Å²) in [5.74, 6) is -1.10. The number of amides is 1. The van der Waals surface area contributed by atoms with Gasteiger partial charge in [-0.3, -0.25) is 9.80 Å². The summed E-state index contributed by atoms with van der Waals surface area (Å²) in [6, 6.07) is 12.1. The number of aliphatic hydroxyl groups excluding tert-OH is 1. The summed E-state index contributed by atoms with van der Waals surface area (Å²) >= 11 is 0. The molecule has 6 nitrogen and oxygen atoms in total. The Bertz CT molecular complexity index is 1040. The minimum atomic E-state index is -4.43. The van der Waals surface area contributed by atoms with Crippen LogP contribution in [0.15, 0.2) is 54.6 Å². The fourth-order valence-corrected chi connectivity index (χ4v) is 3.92. The van der Waals surface area contributed by atoms with Crippen molar-refractivity contribution in [2.24, 2.45) is 0 Å². The number of benzene rings is 2. The van der Waals surface area contributed by atoms with Crippen LogP contribution in [0, 0.1) is 0 Å². The Morgan fingerprint density at radius 1 is 1.12 bits per heavy atom. The van der Waals surface area contributed by atoms with Gasteiger partial charge in [-0.1, -0.05) is 36.4 Å². The molecule has 1 heterocycles. The predicted octanol–water partition coefficient (Wildman–Crippen LogP) is 4.14. The highest BCUT2D eigenvalue weighted by molar-refractivity contribution is 5.85. The number of hydrogen-bond donors (Lipinski definition) is 2. The van der Waals surface area contributed by atoms with Crippen LogP contribution in [0.25, 0.3) is 6.08 Å². The van der Waals surface area contributed by atoms with E-state index in [1.807, 2.05) is 17.1 Å². The molecule has 1 atom stereocenters. The fraction of sp³-hybridized carbons (Fsp3) is 0.360. The van der Waals surface area contributed by atoms with Crippen LogP contribution < -0.4 is 0 Å². The molecule has 0 saturated carbocycles. The van der Waals surface area contributed by atoms with Gasteiger partial charge in [-0.05, 0) is 54.2 Å².